The summed E-state index contributed by atoms with van der Waals surface area (Å²) in [6.45, 7) is 2.21. The minimum absolute atomic E-state index is 0.0747. The van der Waals surface area contributed by atoms with Gasteiger partial charge in [-0.2, -0.15) is 0 Å². The highest BCUT2D eigenvalue weighted by Crippen LogP contribution is 2.45. The van der Waals surface area contributed by atoms with Crippen LogP contribution in [0.1, 0.15) is 36.1 Å². The quantitative estimate of drug-likeness (QED) is 0.332. The molecule has 0 radical (unpaired) electrons. The van der Waals surface area contributed by atoms with Crippen molar-refractivity contribution < 1.29 is 23.5 Å². The Hall–Kier alpha value is -4.37. The van der Waals surface area contributed by atoms with Crippen LogP contribution in [0.15, 0.2) is 106 Å². The monoisotopic (exact) mass is 557 g/mol. The molecule has 3 aromatic carbocycles. The number of esters is 1. The summed E-state index contributed by atoms with van der Waals surface area (Å²) in [6.07, 6.45) is 0.0747. The van der Waals surface area contributed by atoms with Gasteiger partial charge in [-0.25, -0.2) is 14.2 Å². The van der Waals surface area contributed by atoms with Crippen molar-refractivity contribution in [1.82, 2.24) is 10.2 Å². The molecule has 1 atom stereocenters. The van der Waals surface area contributed by atoms with Gasteiger partial charge in [0.1, 0.15) is 18.2 Å². The van der Waals surface area contributed by atoms with Crippen molar-refractivity contribution in [3.8, 4) is 5.75 Å². The molecule has 5 rings (SSSR count). The van der Waals surface area contributed by atoms with E-state index < -0.39 is 12.0 Å². The fourth-order valence-electron chi connectivity index (χ4n) is 4.56. The number of fused-ring (bicyclic) bond motifs is 1. The molecule has 1 N–H and O–H groups in total. The molecule has 2 aliphatic rings. The molecule has 9 heteroatoms. The zero-order chi connectivity index (χ0) is 28.1. The molecule has 0 bridgehead atoms. The Balaban J connectivity index is 1.39. The molecule has 204 valence electrons. The second-order valence-corrected chi connectivity index (χ2v) is 10.1. The maximum atomic E-state index is 13.6. The van der Waals surface area contributed by atoms with Gasteiger partial charge in [0.25, 0.3) is 0 Å². The molecule has 0 fully saturated rings. The van der Waals surface area contributed by atoms with Gasteiger partial charge in [0.05, 0.1) is 30.8 Å². The van der Waals surface area contributed by atoms with Crippen LogP contribution in [-0.4, -0.2) is 29.1 Å². The smallest absolute Gasteiger partial charge is 0.338 e. The number of thioether (sulfide) groups is 1. The van der Waals surface area contributed by atoms with Crippen molar-refractivity contribution in [1.29, 1.82) is 0 Å². The topological polar surface area (TPSA) is 80.2 Å². The fourth-order valence-corrected chi connectivity index (χ4v) is 5.53. The first kappa shape index (κ1) is 27.2. The summed E-state index contributed by atoms with van der Waals surface area (Å²) in [4.78, 5) is 33.2. The number of hydrogen-bond donors (Lipinski definition) is 1. The second-order valence-electron chi connectivity index (χ2n) is 9.31. The summed E-state index contributed by atoms with van der Waals surface area (Å²) in [6, 6.07) is 22.4. The van der Waals surface area contributed by atoms with Crippen LogP contribution in [-0.2, 0) is 27.5 Å². The van der Waals surface area contributed by atoms with Crippen molar-refractivity contribution in [2.45, 2.75) is 32.5 Å². The second kappa shape index (κ2) is 12.2. The molecular weight excluding hydrogens is 529 g/mol. The first-order valence-electron chi connectivity index (χ1n) is 12.7. The van der Waals surface area contributed by atoms with Crippen LogP contribution in [0.5, 0.6) is 5.75 Å². The van der Waals surface area contributed by atoms with E-state index in [2.05, 4.69) is 5.32 Å². The predicted octanol–water partition coefficient (Wildman–Crippen LogP) is 5.86. The van der Waals surface area contributed by atoms with Crippen LogP contribution in [0, 0.1) is 5.82 Å². The summed E-state index contributed by atoms with van der Waals surface area (Å²) in [5.41, 5.74) is 4.19. The lowest BCUT2D eigenvalue weighted by atomic mass is 9.93. The number of nitrogens with zero attached hydrogens (tertiary/aromatic N) is 2. The number of hydrogen-bond acceptors (Lipinski definition) is 7. The summed E-state index contributed by atoms with van der Waals surface area (Å²) < 4.78 is 24.3. The summed E-state index contributed by atoms with van der Waals surface area (Å²) in [5, 5.41) is 5.46. The average molecular weight is 558 g/mol. The van der Waals surface area contributed by atoms with Crippen LogP contribution in [0.2, 0.25) is 0 Å². The molecule has 7 nitrogen and oxygen atoms in total. The highest BCUT2D eigenvalue weighted by atomic mass is 32.2. The van der Waals surface area contributed by atoms with Gasteiger partial charge < -0.3 is 19.7 Å². The van der Waals surface area contributed by atoms with E-state index in [0.29, 0.717) is 27.9 Å². The Labute approximate surface area is 236 Å². The molecule has 0 saturated carbocycles. The SMILES string of the molecule is COc1ccc(C2C(C(=O)OCc3ccccc3)=C(C)N=C3SC=C(CC(=O)NCc4ccc(F)cc4)N32)cc1. The largest absolute Gasteiger partial charge is 0.497 e. The third-order valence-corrected chi connectivity index (χ3v) is 7.50. The van der Waals surface area contributed by atoms with Crippen LogP contribution in [0.3, 0.4) is 0 Å². The lowest BCUT2D eigenvalue weighted by molar-refractivity contribution is -0.141. The van der Waals surface area contributed by atoms with Crippen LogP contribution in [0.4, 0.5) is 4.39 Å². The van der Waals surface area contributed by atoms with Gasteiger partial charge in [0, 0.05) is 12.2 Å². The zero-order valence-corrected chi connectivity index (χ0v) is 22.9. The van der Waals surface area contributed by atoms with Crippen LogP contribution >= 0.6 is 11.8 Å². The molecule has 0 aromatic heterocycles. The molecule has 0 spiro atoms. The van der Waals surface area contributed by atoms with Gasteiger partial charge >= 0.3 is 5.97 Å². The van der Waals surface area contributed by atoms with Crippen LogP contribution in [0.25, 0.3) is 0 Å². The molecule has 2 aliphatic heterocycles. The molecule has 0 saturated heterocycles. The number of amides is 1. The van der Waals surface area contributed by atoms with Gasteiger partial charge in [-0.05, 0) is 53.3 Å². The van der Waals surface area contributed by atoms with E-state index in [1.54, 1.807) is 26.2 Å². The number of methoxy groups -OCH3 is 1. The molecular formula is C31H28FN3O4S. The maximum Gasteiger partial charge on any atom is 0.338 e. The van der Waals surface area contributed by atoms with E-state index in [1.807, 2.05) is 64.9 Å². The third kappa shape index (κ3) is 6.10. The zero-order valence-electron chi connectivity index (χ0n) is 22.1. The van der Waals surface area contributed by atoms with Crippen molar-refractivity contribution in [2.24, 2.45) is 4.99 Å². The number of benzene rings is 3. The number of ether oxygens (including phenoxy) is 2. The van der Waals surface area contributed by atoms with Crippen molar-refractivity contribution in [3.05, 3.63) is 124 Å². The minimum Gasteiger partial charge on any atom is -0.497 e. The van der Waals surface area contributed by atoms with E-state index in [9.17, 15) is 14.0 Å². The number of amidine groups is 1. The van der Waals surface area contributed by atoms with Gasteiger partial charge in [-0.15, -0.1) is 0 Å². The third-order valence-electron chi connectivity index (χ3n) is 6.61. The van der Waals surface area contributed by atoms with Gasteiger partial charge in [0.2, 0.25) is 5.91 Å². The predicted molar refractivity (Wildman–Crippen MR) is 152 cm³/mol. The lowest BCUT2D eigenvalue weighted by Crippen LogP contribution is -2.38. The van der Waals surface area contributed by atoms with Gasteiger partial charge in [0.15, 0.2) is 5.17 Å². The van der Waals surface area contributed by atoms with E-state index >= 15 is 0 Å². The Morgan fingerprint density at radius 1 is 1.00 bits per heavy atom. The number of aliphatic imine (C=N–C) groups is 1. The van der Waals surface area contributed by atoms with E-state index in [4.69, 9.17) is 14.5 Å². The highest BCUT2D eigenvalue weighted by Gasteiger charge is 2.41. The Kier molecular flexibility index (Phi) is 8.31. The van der Waals surface area contributed by atoms with Gasteiger partial charge in [-0.1, -0.05) is 66.4 Å². The molecule has 0 aliphatic carbocycles. The number of rotatable bonds is 9. The number of allylic oxidation sites excluding steroid dienone is 1. The first-order chi connectivity index (χ1) is 19.4. The number of halogens is 1. The number of carbonyl (C=O) groups is 2. The molecule has 1 amide bonds. The average Bonchev–Trinajstić information content (AvgIpc) is 3.37. The number of carbonyl (C=O) groups excluding carboxylic acids is 2. The van der Waals surface area contributed by atoms with Gasteiger partial charge in [-0.3, -0.25) is 4.79 Å². The molecule has 3 aromatic rings. The highest BCUT2D eigenvalue weighted by molar-refractivity contribution is 8.16. The molecule has 1 unspecified atom stereocenters. The Morgan fingerprint density at radius 2 is 1.73 bits per heavy atom. The van der Waals surface area contributed by atoms with Crippen molar-refractivity contribution in [2.75, 3.05) is 7.11 Å². The summed E-state index contributed by atoms with van der Waals surface area (Å²) in [7, 11) is 1.60. The van der Waals surface area contributed by atoms with Crippen molar-refractivity contribution in [3.63, 3.8) is 0 Å². The molecule has 2 heterocycles. The summed E-state index contributed by atoms with van der Waals surface area (Å²) in [5.74, 6) is -0.312. The van der Waals surface area contributed by atoms with E-state index in [-0.39, 0.29) is 31.3 Å². The van der Waals surface area contributed by atoms with E-state index in [0.717, 1.165) is 16.7 Å². The fraction of sp³-hybridized carbons (Fsp3) is 0.194. The Bertz CT molecular complexity index is 1490. The van der Waals surface area contributed by atoms with Crippen molar-refractivity contribution >= 4 is 28.8 Å². The lowest BCUT2D eigenvalue weighted by Gasteiger charge is -2.36. The Morgan fingerprint density at radius 3 is 2.42 bits per heavy atom. The first-order valence-corrected chi connectivity index (χ1v) is 13.6. The van der Waals surface area contributed by atoms with E-state index in [1.165, 1.54) is 23.9 Å². The standard InChI is InChI=1S/C31H28FN3O4S/c1-20-28(30(37)39-18-22-6-4-3-5-7-22)29(23-10-14-26(38-2)15-11-23)35-25(19-40-31(35)34-20)16-27(36)33-17-21-8-12-24(32)13-9-21/h3-15,19,29H,16-18H2,1-2H3,(H,33,36). The minimum atomic E-state index is -0.548. The summed E-state index contributed by atoms with van der Waals surface area (Å²) >= 11 is 1.41. The van der Waals surface area contributed by atoms with Crippen LogP contribution < -0.4 is 10.1 Å². The number of nitrogens with one attached hydrogen (secondary N) is 1. The normalized spacial score (nSPS) is 16.2. The molecule has 40 heavy (non-hydrogen) atoms. The maximum absolute atomic E-state index is 13.6.